The van der Waals surface area contributed by atoms with Gasteiger partial charge in [0.2, 0.25) is 0 Å². The van der Waals surface area contributed by atoms with Crippen LogP contribution in [-0.4, -0.2) is 45.1 Å². The van der Waals surface area contributed by atoms with Crippen molar-refractivity contribution in [2.24, 2.45) is 5.41 Å². The minimum absolute atomic E-state index is 0.00733. The molecule has 132 valence electrons. The molecule has 2 atom stereocenters. The SMILES string of the molecule is CCOC(=O)C1(C(=O)OCC)[C@@H](c2ccc(F)cc2)[C@@H]1S(C)(=O)=O. The molecule has 0 amide bonds. The van der Waals surface area contributed by atoms with Crippen LogP contribution in [0.25, 0.3) is 0 Å². The molecule has 1 fully saturated rings. The van der Waals surface area contributed by atoms with Crippen LogP contribution in [-0.2, 0) is 28.9 Å². The van der Waals surface area contributed by atoms with E-state index in [0.29, 0.717) is 5.56 Å². The fraction of sp³-hybridized carbons (Fsp3) is 0.500. The van der Waals surface area contributed by atoms with Gasteiger partial charge >= 0.3 is 11.9 Å². The van der Waals surface area contributed by atoms with Gasteiger partial charge in [0, 0.05) is 12.2 Å². The fourth-order valence-corrected chi connectivity index (χ4v) is 4.92. The Morgan fingerprint density at radius 2 is 1.54 bits per heavy atom. The van der Waals surface area contributed by atoms with E-state index >= 15 is 0 Å². The van der Waals surface area contributed by atoms with Gasteiger partial charge in [0.1, 0.15) is 5.82 Å². The lowest BCUT2D eigenvalue weighted by Gasteiger charge is -2.15. The lowest BCUT2D eigenvalue weighted by molar-refractivity contribution is -0.164. The van der Waals surface area contributed by atoms with Gasteiger partial charge in [-0.3, -0.25) is 9.59 Å². The van der Waals surface area contributed by atoms with Crippen LogP contribution >= 0.6 is 0 Å². The molecule has 0 N–H and O–H groups in total. The maximum absolute atomic E-state index is 13.2. The van der Waals surface area contributed by atoms with Crippen LogP contribution in [0.5, 0.6) is 0 Å². The number of benzene rings is 1. The Morgan fingerprint density at radius 3 is 1.92 bits per heavy atom. The van der Waals surface area contributed by atoms with Crippen molar-refractivity contribution in [1.29, 1.82) is 0 Å². The molecule has 0 spiro atoms. The van der Waals surface area contributed by atoms with Crippen LogP contribution in [0.4, 0.5) is 4.39 Å². The molecule has 24 heavy (non-hydrogen) atoms. The normalized spacial score (nSPS) is 21.8. The molecule has 0 saturated heterocycles. The maximum atomic E-state index is 13.2. The molecular formula is C16H19FO6S. The molecule has 2 rings (SSSR count). The van der Waals surface area contributed by atoms with Gasteiger partial charge in [-0.15, -0.1) is 0 Å². The van der Waals surface area contributed by atoms with Crippen LogP contribution in [0.15, 0.2) is 24.3 Å². The summed E-state index contributed by atoms with van der Waals surface area (Å²) < 4.78 is 47.4. The highest BCUT2D eigenvalue weighted by atomic mass is 32.2. The summed E-state index contributed by atoms with van der Waals surface area (Å²) in [5, 5.41) is -1.30. The van der Waals surface area contributed by atoms with E-state index in [1.165, 1.54) is 12.1 Å². The van der Waals surface area contributed by atoms with Crippen LogP contribution < -0.4 is 0 Å². The minimum atomic E-state index is -3.77. The number of sulfone groups is 1. The molecule has 1 aromatic carbocycles. The average molecular weight is 358 g/mol. The molecule has 0 bridgehead atoms. The van der Waals surface area contributed by atoms with Crippen molar-refractivity contribution < 1.29 is 31.9 Å². The highest BCUT2D eigenvalue weighted by molar-refractivity contribution is 7.91. The van der Waals surface area contributed by atoms with Crippen LogP contribution in [0.2, 0.25) is 0 Å². The molecule has 8 heteroatoms. The minimum Gasteiger partial charge on any atom is -0.465 e. The summed E-state index contributed by atoms with van der Waals surface area (Å²) in [7, 11) is -3.77. The standard InChI is InChI=1S/C16H19FO6S/c1-4-22-14(18)16(15(19)23-5-2)12(13(16)24(3,20)21)10-6-8-11(17)9-7-10/h6-9,12-13H,4-5H2,1-3H3/t12-,13-/m0/s1. The Hall–Kier alpha value is -1.96. The Morgan fingerprint density at radius 1 is 1.08 bits per heavy atom. The van der Waals surface area contributed by atoms with E-state index in [4.69, 9.17) is 9.47 Å². The van der Waals surface area contributed by atoms with Gasteiger partial charge in [0.05, 0.1) is 18.5 Å². The van der Waals surface area contributed by atoms with E-state index in [2.05, 4.69) is 0 Å². The van der Waals surface area contributed by atoms with Gasteiger partial charge in [-0.1, -0.05) is 12.1 Å². The number of esters is 2. The van der Waals surface area contributed by atoms with Crippen LogP contribution in [0.1, 0.15) is 25.3 Å². The average Bonchev–Trinajstić information content (AvgIpc) is 3.20. The Balaban J connectivity index is 2.58. The van der Waals surface area contributed by atoms with E-state index in [-0.39, 0.29) is 13.2 Å². The molecular weight excluding hydrogens is 339 g/mol. The maximum Gasteiger partial charge on any atom is 0.325 e. The molecule has 1 saturated carbocycles. The van der Waals surface area contributed by atoms with E-state index < -0.39 is 44.2 Å². The first-order valence-electron chi connectivity index (χ1n) is 7.50. The molecule has 1 aliphatic carbocycles. The van der Waals surface area contributed by atoms with E-state index in [1.807, 2.05) is 0 Å². The zero-order chi connectivity index (χ0) is 18.1. The van der Waals surface area contributed by atoms with Crippen molar-refractivity contribution in [3.05, 3.63) is 35.6 Å². The van der Waals surface area contributed by atoms with E-state index in [9.17, 15) is 22.4 Å². The summed E-state index contributed by atoms with van der Waals surface area (Å²) in [5.74, 6) is -3.35. The second kappa shape index (κ2) is 6.51. The highest BCUT2D eigenvalue weighted by Gasteiger charge is 2.81. The number of halogens is 1. The second-order valence-electron chi connectivity index (χ2n) is 5.59. The molecule has 0 unspecified atom stereocenters. The summed E-state index contributed by atoms with van der Waals surface area (Å²) in [5.41, 5.74) is -1.58. The van der Waals surface area contributed by atoms with Gasteiger partial charge in [-0.05, 0) is 31.5 Å². The van der Waals surface area contributed by atoms with Gasteiger partial charge in [-0.2, -0.15) is 0 Å². The predicted octanol–water partition coefficient (Wildman–Crippen LogP) is 1.45. The third-order valence-corrected chi connectivity index (χ3v) is 5.62. The predicted molar refractivity (Wildman–Crippen MR) is 83.5 cm³/mol. The number of ether oxygens (including phenoxy) is 2. The Labute approximate surface area is 139 Å². The molecule has 0 aliphatic heterocycles. The number of carbonyl (C=O) groups excluding carboxylic acids is 2. The smallest absolute Gasteiger partial charge is 0.325 e. The number of hydrogen-bond acceptors (Lipinski definition) is 6. The summed E-state index contributed by atoms with van der Waals surface area (Å²) in [6.45, 7) is 3.10. The topological polar surface area (TPSA) is 86.7 Å². The van der Waals surface area contributed by atoms with E-state index in [1.54, 1.807) is 13.8 Å². The van der Waals surface area contributed by atoms with Crippen molar-refractivity contribution in [2.45, 2.75) is 25.0 Å². The lowest BCUT2D eigenvalue weighted by atomic mass is 9.99. The largest absolute Gasteiger partial charge is 0.465 e. The monoisotopic (exact) mass is 358 g/mol. The van der Waals surface area contributed by atoms with Gasteiger partial charge in [0.25, 0.3) is 0 Å². The van der Waals surface area contributed by atoms with Gasteiger partial charge < -0.3 is 9.47 Å². The van der Waals surface area contributed by atoms with Crippen LogP contribution in [0.3, 0.4) is 0 Å². The third-order valence-electron chi connectivity index (χ3n) is 4.05. The summed E-state index contributed by atoms with van der Waals surface area (Å²) >= 11 is 0. The molecule has 0 aromatic heterocycles. The van der Waals surface area contributed by atoms with E-state index in [0.717, 1.165) is 18.4 Å². The quantitative estimate of drug-likeness (QED) is 0.565. The van der Waals surface area contributed by atoms with Gasteiger partial charge in [0.15, 0.2) is 15.3 Å². The summed E-state index contributed by atoms with van der Waals surface area (Å²) in [6.07, 6.45) is 0.953. The molecule has 0 radical (unpaired) electrons. The third kappa shape index (κ3) is 2.90. The first kappa shape index (κ1) is 18.4. The van der Waals surface area contributed by atoms with Crippen molar-refractivity contribution >= 4 is 21.8 Å². The lowest BCUT2D eigenvalue weighted by Crippen LogP contribution is -2.35. The summed E-state index contributed by atoms with van der Waals surface area (Å²) in [4.78, 5) is 25.0. The first-order chi connectivity index (χ1) is 11.2. The fourth-order valence-electron chi connectivity index (χ4n) is 3.12. The molecule has 1 aromatic rings. The summed E-state index contributed by atoms with van der Waals surface area (Å²) in [6, 6.07) is 5.01. The molecule has 0 heterocycles. The van der Waals surface area contributed by atoms with Crippen molar-refractivity contribution in [3.63, 3.8) is 0 Å². The van der Waals surface area contributed by atoms with Crippen molar-refractivity contribution in [1.82, 2.24) is 0 Å². The van der Waals surface area contributed by atoms with Crippen molar-refractivity contribution in [3.8, 4) is 0 Å². The molecule has 6 nitrogen and oxygen atoms in total. The van der Waals surface area contributed by atoms with Gasteiger partial charge in [-0.25, -0.2) is 12.8 Å². The van der Waals surface area contributed by atoms with Crippen molar-refractivity contribution in [2.75, 3.05) is 19.5 Å². The first-order valence-corrected chi connectivity index (χ1v) is 9.45. The van der Waals surface area contributed by atoms with Crippen LogP contribution in [0, 0.1) is 11.2 Å². The zero-order valence-electron chi connectivity index (χ0n) is 13.6. The number of rotatable bonds is 6. The Bertz CT molecular complexity index is 722. The molecule has 1 aliphatic rings. The second-order valence-corrected chi connectivity index (χ2v) is 7.76. The zero-order valence-corrected chi connectivity index (χ0v) is 14.4. The number of hydrogen-bond donors (Lipinski definition) is 0. The highest BCUT2D eigenvalue weighted by Crippen LogP contribution is 2.64. The number of carbonyl (C=O) groups is 2. The Kier molecular flexibility index (Phi) is 4.98.